The van der Waals surface area contributed by atoms with E-state index in [2.05, 4.69) is 178 Å². The number of thioether (sulfide) groups is 1. The van der Waals surface area contributed by atoms with Gasteiger partial charge in [-0.05, 0) is 112 Å². The third-order valence-electron chi connectivity index (χ3n) is 11.1. The van der Waals surface area contributed by atoms with Crippen LogP contribution in [-0.2, 0) is 6.42 Å². The first-order valence-corrected chi connectivity index (χ1v) is 21.0. The van der Waals surface area contributed by atoms with Crippen LogP contribution < -0.4 is 0 Å². The van der Waals surface area contributed by atoms with Gasteiger partial charge in [-0.2, -0.15) is 0 Å². The number of rotatable bonds is 7. The van der Waals surface area contributed by atoms with Crippen LogP contribution in [0, 0.1) is 5.41 Å². The number of allylic oxidation sites excluding steroid dienone is 12. The summed E-state index contributed by atoms with van der Waals surface area (Å²) in [5.41, 5.74) is 16.9. The van der Waals surface area contributed by atoms with Crippen molar-refractivity contribution >= 4 is 39.2 Å². The van der Waals surface area contributed by atoms with Crippen molar-refractivity contribution in [1.82, 2.24) is 0 Å². The fourth-order valence-corrected chi connectivity index (χ4v) is 11.1. The van der Waals surface area contributed by atoms with Gasteiger partial charge in [0, 0.05) is 32.6 Å². The van der Waals surface area contributed by atoms with Crippen molar-refractivity contribution in [3.05, 3.63) is 213 Å². The molecule has 0 bridgehead atoms. The molecule has 5 aromatic rings. The van der Waals surface area contributed by atoms with Gasteiger partial charge in [0.15, 0.2) is 0 Å². The van der Waals surface area contributed by atoms with Crippen LogP contribution in [0.15, 0.2) is 191 Å². The minimum absolute atomic E-state index is 0.206. The summed E-state index contributed by atoms with van der Waals surface area (Å²) >= 11 is 3.92. The van der Waals surface area contributed by atoms with E-state index in [0.29, 0.717) is 0 Å². The van der Waals surface area contributed by atoms with E-state index in [4.69, 9.17) is 0 Å². The number of benzene rings is 4. The lowest BCUT2D eigenvalue weighted by Gasteiger charge is -2.30. The van der Waals surface area contributed by atoms with Crippen molar-refractivity contribution in [2.24, 2.45) is 5.41 Å². The molecule has 0 radical (unpaired) electrons. The van der Waals surface area contributed by atoms with Gasteiger partial charge in [-0.15, -0.1) is 0 Å². The van der Waals surface area contributed by atoms with Crippen molar-refractivity contribution < 1.29 is 0 Å². The largest absolute Gasteiger partial charge is 0.239 e. The summed E-state index contributed by atoms with van der Waals surface area (Å²) in [6.45, 7) is 4.86. The van der Waals surface area contributed by atoms with Crippen LogP contribution in [0.1, 0.15) is 67.5 Å². The monoisotopic (exact) mass is 733 g/mol. The maximum absolute atomic E-state index is 2.48. The smallest absolute Gasteiger partial charge is 0.0888 e. The van der Waals surface area contributed by atoms with Gasteiger partial charge < -0.3 is 0 Å². The van der Waals surface area contributed by atoms with Gasteiger partial charge in [-0.25, -0.2) is 0 Å². The standard InChI is InChI=1S/C52H45S2/c1-52(2)34-36(23-25-42-27-29-44-46(38-15-7-3-8-16-38)32-48(53-50(42)44)40-19-11-5-12-20-40)31-37(35-52)24-26-43-28-30-45-47(39-17-9-4-10-18-39)33-49(54-51(43)45)41-21-13-6-14-22-41/h3-26,31-33H,27-30,34-35H2,1-2H3/q+1. The molecule has 0 N–H and O–H groups in total. The Morgan fingerprint density at radius 1 is 0.611 bits per heavy atom. The molecule has 0 unspecified atom stereocenters. The molecule has 1 aliphatic heterocycles. The molecule has 0 saturated heterocycles. The molecule has 4 aliphatic rings. The lowest BCUT2D eigenvalue weighted by molar-refractivity contribution is 0.355. The SMILES string of the molecule is CC1(C)CC(/C=C/C2=C3SC(c4ccccc4)=CC(c4ccccc4)=C3CC2)=CC(=C/C=C2\CCc3c(-c4ccccc4)cc(-c4ccccc4)[s+]c32)/C1. The molecule has 1 aromatic heterocycles. The van der Waals surface area contributed by atoms with Crippen LogP contribution in [0.25, 0.3) is 37.6 Å². The van der Waals surface area contributed by atoms with E-state index in [1.807, 2.05) is 23.1 Å². The highest BCUT2D eigenvalue weighted by Gasteiger charge is 2.32. The molecule has 2 heteroatoms. The normalized spacial score (nSPS) is 19.4. The highest BCUT2D eigenvalue weighted by atomic mass is 32.2. The summed E-state index contributed by atoms with van der Waals surface area (Å²) in [4.78, 5) is 5.57. The van der Waals surface area contributed by atoms with Gasteiger partial charge in [-0.1, -0.05) is 165 Å². The van der Waals surface area contributed by atoms with Gasteiger partial charge in [0.05, 0.1) is 0 Å². The fraction of sp³-hybridized carbons (Fsp3) is 0.173. The van der Waals surface area contributed by atoms with Crippen LogP contribution in [0.2, 0.25) is 0 Å². The summed E-state index contributed by atoms with van der Waals surface area (Å²) in [6, 6.07) is 46.1. The molecule has 264 valence electrons. The van der Waals surface area contributed by atoms with E-state index >= 15 is 0 Å². The maximum Gasteiger partial charge on any atom is 0.239 e. The first-order valence-electron chi connectivity index (χ1n) is 19.3. The first-order chi connectivity index (χ1) is 26.5. The van der Waals surface area contributed by atoms with E-state index in [1.54, 1.807) is 0 Å². The molecule has 0 saturated carbocycles. The zero-order valence-corrected chi connectivity index (χ0v) is 32.8. The van der Waals surface area contributed by atoms with Gasteiger partial charge in [0.1, 0.15) is 0 Å². The fourth-order valence-electron chi connectivity index (χ4n) is 8.54. The lowest BCUT2D eigenvalue weighted by Crippen LogP contribution is -2.16. The predicted molar refractivity (Wildman–Crippen MR) is 236 cm³/mol. The van der Waals surface area contributed by atoms with Crippen molar-refractivity contribution in [2.75, 3.05) is 0 Å². The van der Waals surface area contributed by atoms with Crippen molar-refractivity contribution in [3.8, 4) is 21.6 Å². The van der Waals surface area contributed by atoms with E-state index < -0.39 is 0 Å². The van der Waals surface area contributed by atoms with Crippen LogP contribution >= 0.6 is 23.1 Å². The minimum Gasteiger partial charge on any atom is -0.0888 e. The number of fused-ring (bicyclic) bond motifs is 2. The molecule has 0 fully saturated rings. The Kier molecular flexibility index (Phi) is 9.66. The van der Waals surface area contributed by atoms with Crippen LogP contribution in [0.5, 0.6) is 0 Å². The Bertz CT molecular complexity index is 2430. The average Bonchev–Trinajstić information content (AvgIpc) is 3.83. The Morgan fingerprint density at radius 3 is 1.96 bits per heavy atom. The Morgan fingerprint density at radius 2 is 1.26 bits per heavy atom. The summed E-state index contributed by atoms with van der Waals surface area (Å²) in [7, 11) is 0. The summed E-state index contributed by atoms with van der Waals surface area (Å²) in [5, 5.41) is 0. The van der Waals surface area contributed by atoms with Gasteiger partial charge >= 0.3 is 0 Å². The zero-order valence-electron chi connectivity index (χ0n) is 31.1. The maximum atomic E-state index is 2.48. The van der Waals surface area contributed by atoms with E-state index in [0.717, 1.165) is 38.5 Å². The molecule has 3 aliphatic carbocycles. The Balaban J connectivity index is 1.05. The second-order valence-corrected chi connectivity index (χ2v) is 17.8. The average molecular weight is 734 g/mol. The summed E-state index contributed by atoms with van der Waals surface area (Å²) < 4.78 is 0. The predicted octanol–water partition coefficient (Wildman–Crippen LogP) is 15.2. The van der Waals surface area contributed by atoms with E-state index in [-0.39, 0.29) is 5.41 Å². The Hall–Kier alpha value is -5.02. The molecule has 0 amide bonds. The molecule has 54 heavy (non-hydrogen) atoms. The highest BCUT2D eigenvalue weighted by molar-refractivity contribution is 8.12. The molecule has 2 heterocycles. The molecular formula is C52H45S2+. The van der Waals surface area contributed by atoms with Gasteiger partial charge in [-0.3, -0.25) is 0 Å². The minimum atomic E-state index is 0.206. The van der Waals surface area contributed by atoms with Crippen LogP contribution in [0.4, 0.5) is 0 Å². The van der Waals surface area contributed by atoms with Crippen LogP contribution in [-0.4, -0.2) is 0 Å². The zero-order chi connectivity index (χ0) is 36.5. The first kappa shape index (κ1) is 34.7. The molecule has 4 aromatic carbocycles. The van der Waals surface area contributed by atoms with Crippen LogP contribution in [0.3, 0.4) is 0 Å². The number of hydrogen-bond donors (Lipinski definition) is 0. The van der Waals surface area contributed by atoms with E-state index in [1.165, 1.54) is 86.4 Å². The summed E-state index contributed by atoms with van der Waals surface area (Å²) in [5.74, 6) is 0. The molecular weight excluding hydrogens is 689 g/mol. The third-order valence-corrected chi connectivity index (χ3v) is 13.6. The van der Waals surface area contributed by atoms with Gasteiger partial charge in [0.25, 0.3) is 0 Å². The van der Waals surface area contributed by atoms with Crippen molar-refractivity contribution in [2.45, 2.75) is 52.4 Å². The van der Waals surface area contributed by atoms with Crippen molar-refractivity contribution in [3.63, 3.8) is 0 Å². The highest BCUT2D eigenvalue weighted by Crippen LogP contribution is 2.53. The van der Waals surface area contributed by atoms with E-state index in [9.17, 15) is 0 Å². The van der Waals surface area contributed by atoms with Crippen molar-refractivity contribution in [1.29, 1.82) is 0 Å². The third kappa shape index (κ3) is 7.26. The second-order valence-electron chi connectivity index (χ2n) is 15.7. The number of hydrogen-bond acceptors (Lipinski definition) is 1. The molecule has 0 spiro atoms. The van der Waals surface area contributed by atoms with Gasteiger partial charge in [0.2, 0.25) is 21.1 Å². The summed E-state index contributed by atoms with van der Waals surface area (Å²) in [6.07, 6.45) is 21.2. The lowest BCUT2D eigenvalue weighted by atomic mass is 9.75. The quantitative estimate of drug-likeness (QED) is 0.150. The Labute approximate surface area is 329 Å². The molecule has 0 atom stereocenters. The molecule has 9 rings (SSSR count). The topological polar surface area (TPSA) is 0 Å². The molecule has 0 nitrogen and oxygen atoms in total. The second kappa shape index (κ2) is 15.0.